The highest BCUT2D eigenvalue weighted by Crippen LogP contribution is 2.26. The van der Waals surface area contributed by atoms with Crippen LogP contribution in [0.3, 0.4) is 0 Å². The molecule has 0 spiro atoms. The summed E-state index contributed by atoms with van der Waals surface area (Å²) in [7, 11) is 0. The highest BCUT2D eigenvalue weighted by atomic mass is 79.9. The summed E-state index contributed by atoms with van der Waals surface area (Å²) < 4.78 is 6.43. The average molecular weight is 362 g/mol. The van der Waals surface area contributed by atoms with Gasteiger partial charge in [0.15, 0.2) is 6.10 Å². The number of pyridine rings is 1. The van der Waals surface area contributed by atoms with Crippen LogP contribution in [0, 0.1) is 6.92 Å². The second-order valence-electron chi connectivity index (χ2n) is 4.71. The van der Waals surface area contributed by atoms with Crippen LogP contribution in [0.25, 0.3) is 0 Å². The van der Waals surface area contributed by atoms with Gasteiger partial charge in [-0.3, -0.25) is 9.78 Å². The van der Waals surface area contributed by atoms with Crippen LogP contribution in [0.5, 0.6) is 5.75 Å². The number of nitrogens with zero attached hydrogens (tertiary/aromatic N) is 2. The molecular weight excluding hydrogens is 346 g/mol. The third kappa shape index (κ3) is 4.66. The molecule has 0 saturated carbocycles. The van der Waals surface area contributed by atoms with E-state index >= 15 is 0 Å². The normalized spacial score (nSPS) is 12.1. The molecular formula is C16H16BrN3O2. The molecule has 1 atom stereocenters. The van der Waals surface area contributed by atoms with Gasteiger partial charge in [0.2, 0.25) is 0 Å². The first-order chi connectivity index (χ1) is 10.6. The summed E-state index contributed by atoms with van der Waals surface area (Å²) in [4.78, 5) is 15.8. The number of aromatic nitrogens is 1. The summed E-state index contributed by atoms with van der Waals surface area (Å²) in [5, 5.41) is 3.90. The lowest BCUT2D eigenvalue weighted by molar-refractivity contribution is -0.127. The number of ether oxygens (including phenoxy) is 1. The van der Waals surface area contributed by atoms with E-state index in [-0.39, 0.29) is 5.91 Å². The molecule has 0 radical (unpaired) electrons. The molecule has 0 fully saturated rings. The quantitative estimate of drug-likeness (QED) is 0.657. The number of hydrazone groups is 1. The Bertz CT molecular complexity index is 674. The second kappa shape index (κ2) is 7.70. The Balaban J connectivity index is 1.91. The molecule has 114 valence electrons. The van der Waals surface area contributed by atoms with Crippen LogP contribution in [0.15, 0.2) is 52.3 Å². The molecule has 0 saturated heterocycles. The van der Waals surface area contributed by atoms with Gasteiger partial charge in [-0.25, -0.2) is 5.43 Å². The van der Waals surface area contributed by atoms with Gasteiger partial charge in [-0.2, -0.15) is 5.10 Å². The highest BCUT2D eigenvalue weighted by molar-refractivity contribution is 9.10. The van der Waals surface area contributed by atoms with E-state index < -0.39 is 6.10 Å². The molecule has 2 rings (SSSR count). The average Bonchev–Trinajstić information content (AvgIpc) is 2.51. The first-order valence-electron chi connectivity index (χ1n) is 6.72. The molecule has 0 aliphatic rings. The van der Waals surface area contributed by atoms with E-state index in [1.807, 2.05) is 25.1 Å². The largest absolute Gasteiger partial charge is 0.480 e. The van der Waals surface area contributed by atoms with Gasteiger partial charge in [0, 0.05) is 12.4 Å². The fourth-order valence-electron chi connectivity index (χ4n) is 1.66. The van der Waals surface area contributed by atoms with Gasteiger partial charge in [-0.15, -0.1) is 0 Å². The monoisotopic (exact) mass is 361 g/mol. The molecule has 0 unspecified atom stereocenters. The van der Waals surface area contributed by atoms with Crippen LogP contribution in [0.2, 0.25) is 0 Å². The summed E-state index contributed by atoms with van der Waals surface area (Å²) in [6.45, 7) is 3.65. The predicted octanol–water partition coefficient (Wildman–Crippen LogP) is 3.07. The van der Waals surface area contributed by atoms with E-state index in [9.17, 15) is 4.79 Å². The standard InChI is InChI=1S/C16H16BrN3O2/c1-11-3-4-15(14(17)9-11)22-12(2)16(21)20-19-10-13-5-7-18-8-6-13/h3-10,12H,1-2H3,(H,20,21)/t12-/m1/s1. The molecule has 1 heterocycles. The molecule has 1 amide bonds. The Hall–Kier alpha value is -2.21. The van der Waals surface area contributed by atoms with Crippen LogP contribution >= 0.6 is 15.9 Å². The molecule has 2 aromatic rings. The van der Waals surface area contributed by atoms with Crippen molar-refractivity contribution in [2.45, 2.75) is 20.0 Å². The van der Waals surface area contributed by atoms with Crippen LogP contribution < -0.4 is 10.2 Å². The minimum absolute atomic E-state index is 0.321. The second-order valence-corrected chi connectivity index (χ2v) is 5.56. The lowest BCUT2D eigenvalue weighted by Crippen LogP contribution is -2.33. The summed E-state index contributed by atoms with van der Waals surface area (Å²) in [5.74, 6) is 0.296. The van der Waals surface area contributed by atoms with Gasteiger partial charge in [-0.1, -0.05) is 6.07 Å². The number of nitrogens with one attached hydrogen (secondary N) is 1. The van der Waals surface area contributed by atoms with Crippen LogP contribution in [-0.2, 0) is 4.79 Å². The Morgan fingerprint density at radius 2 is 2.09 bits per heavy atom. The molecule has 0 aliphatic carbocycles. The molecule has 5 nitrogen and oxygen atoms in total. The summed E-state index contributed by atoms with van der Waals surface area (Å²) >= 11 is 3.42. The van der Waals surface area contributed by atoms with Gasteiger partial charge in [0.1, 0.15) is 5.75 Å². The van der Waals surface area contributed by atoms with Crippen molar-refractivity contribution in [2.24, 2.45) is 5.10 Å². The third-order valence-corrected chi connectivity index (χ3v) is 3.47. The number of hydrogen-bond donors (Lipinski definition) is 1. The first-order valence-corrected chi connectivity index (χ1v) is 7.51. The van der Waals surface area contributed by atoms with Gasteiger partial charge in [0.25, 0.3) is 5.91 Å². The smallest absolute Gasteiger partial charge is 0.280 e. The SMILES string of the molecule is Cc1ccc(O[C@H](C)C(=O)NN=Cc2ccncc2)c(Br)c1. The zero-order valence-corrected chi connectivity index (χ0v) is 13.9. The van der Waals surface area contributed by atoms with Crippen molar-refractivity contribution in [3.63, 3.8) is 0 Å². The van der Waals surface area contributed by atoms with Crippen LogP contribution in [-0.4, -0.2) is 23.2 Å². The van der Waals surface area contributed by atoms with Crippen molar-refractivity contribution < 1.29 is 9.53 Å². The van der Waals surface area contributed by atoms with Crippen molar-refractivity contribution in [2.75, 3.05) is 0 Å². The van der Waals surface area contributed by atoms with Gasteiger partial charge in [0.05, 0.1) is 10.7 Å². The molecule has 1 N–H and O–H groups in total. The van der Waals surface area contributed by atoms with Gasteiger partial charge < -0.3 is 4.74 Å². The fraction of sp³-hybridized carbons (Fsp3) is 0.188. The molecule has 1 aromatic carbocycles. The Morgan fingerprint density at radius 3 is 2.77 bits per heavy atom. The van der Waals surface area contributed by atoms with Crippen LogP contribution in [0.4, 0.5) is 0 Å². The number of carbonyl (C=O) groups is 1. The predicted molar refractivity (Wildman–Crippen MR) is 88.9 cm³/mol. The highest BCUT2D eigenvalue weighted by Gasteiger charge is 2.15. The van der Waals surface area contributed by atoms with Crippen molar-refractivity contribution in [3.8, 4) is 5.75 Å². The zero-order valence-electron chi connectivity index (χ0n) is 12.3. The topological polar surface area (TPSA) is 63.6 Å². The van der Waals surface area contributed by atoms with E-state index in [0.717, 1.165) is 15.6 Å². The maximum atomic E-state index is 11.9. The molecule has 22 heavy (non-hydrogen) atoms. The van der Waals surface area contributed by atoms with Crippen molar-refractivity contribution >= 4 is 28.1 Å². The number of halogens is 1. The number of carbonyl (C=O) groups excluding carboxylic acids is 1. The van der Waals surface area contributed by atoms with E-state index in [4.69, 9.17) is 4.74 Å². The van der Waals surface area contributed by atoms with Crippen molar-refractivity contribution in [1.82, 2.24) is 10.4 Å². The summed E-state index contributed by atoms with van der Waals surface area (Å²) in [6, 6.07) is 9.26. The number of rotatable bonds is 5. The van der Waals surface area contributed by atoms with Crippen LogP contribution in [0.1, 0.15) is 18.1 Å². The van der Waals surface area contributed by atoms with Crippen molar-refractivity contribution in [3.05, 3.63) is 58.3 Å². The number of amides is 1. The molecule has 0 bridgehead atoms. The number of aryl methyl sites for hydroxylation is 1. The molecule has 0 aliphatic heterocycles. The van der Waals surface area contributed by atoms with Crippen molar-refractivity contribution in [1.29, 1.82) is 0 Å². The lowest BCUT2D eigenvalue weighted by Gasteiger charge is -2.14. The van der Waals surface area contributed by atoms with E-state index in [2.05, 4.69) is 31.4 Å². The Morgan fingerprint density at radius 1 is 1.36 bits per heavy atom. The van der Waals surface area contributed by atoms with Gasteiger partial charge >= 0.3 is 0 Å². The minimum Gasteiger partial charge on any atom is -0.480 e. The van der Waals surface area contributed by atoms with Gasteiger partial charge in [-0.05, 0) is 65.2 Å². The summed E-state index contributed by atoms with van der Waals surface area (Å²) in [6.07, 6.45) is 4.20. The lowest BCUT2D eigenvalue weighted by atomic mass is 10.2. The zero-order chi connectivity index (χ0) is 15.9. The number of hydrogen-bond acceptors (Lipinski definition) is 4. The number of benzene rings is 1. The Labute approximate surface area is 137 Å². The third-order valence-electron chi connectivity index (χ3n) is 2.85. The molecule has 1 aromatic heterocycles. The van der Waals surface area contributed by atoms with E-state index in [1.165, 1.54) is 0 Å². The fourth-order valence-corrected chi connectivity index (χ4v) is 2.24. The maximum Gasteiger partial charge on any atom is 0.280 e. The maximum absolute atomic E-state index is 11.9. The van der Waals surface area contributed by atoms with E-state index in [1.54, 1.807) is 37.7 Å². The molecule has 6 heteroatoms. The van der Waals surface area contributed by atoms with E-state index in [0.29, 0.717) is 5.75 Å². The minimum atomic E-state index is -0.659. The Kier molecular flexibility index (Phi) is 5.66. The first kappa shape index (κ1) is 16.2. The summed E-state index contributed by atoms with van der Waals surface area (Å²) in [5.41, 5.74) is 4.41.